The first-order valence-electron chi connectivity index (χ1n) is 6.86. The van der Waals surface area contributed by atoms with E-state index >= 15 is 0 Å². The molecule has 0 aromatic heterocycles. The molecule has 0 bridgehead atoms. The Kier molecular flexibility index (Phi) is 6.55. The lowest BCUT2D eigenvalue weighted by Crippen LogP contribution is -2.51. The standard InChI is InChI=1S/C13H27NO2S3/c1-5-19(15,16)12-10-18-7-6-14(12)8-11(9-17)13(2,3)4/h11-12,17H,5-10H2,1-4H3. The molecule has 0 aromatic carbocycles. The highest BCUT2D eigenvalue weighted by molar-refractivity contribution is 8.01. The molecular formula is C13H27NO2S3. The number of nitrogens with zero attached hydrogens (tertiary/aromatic N) is 1. The number of thioether (sulfide) groups is 1. The summed E-state index contributed by atoms with van der Waals surface area (Å²) >= 11 is 6.20. The zero-order chi connectivity index (χ0) is 14.7. The van der Waals surface area contributed by atoms with Crippen molar-refractivity contribution in [1.29, 1.82) is 0 Å². The fourth-order valence-corrected chi connectivity index (χ4v) is 5.99. The van der Waals surface area contributed by atoms with Crippen LogP contribution in [-0.2, 0) is 9.84 Å². The molecule has 1 aliphatic heterocycles. The molecule has 3 nitrogen and oxygen atoms in total. The Morgan fingerprint density at radius 1 is 1.42 bits per heavy atom. The lowest BCUT2D eigenvalue weighted by molar-refractivity contribution is 0.162. The monoisotopic (exact) mass is 325 g/mol. The zero-order valence-electron chi connectivity index (χ0n) is 12.4. The Balaban J connectivity index is 2.84. The van der Waals surface area contributed by atoms with E-state index < -0.39 is 9.84 Å². The van der Waals surface area contributed by atoms with Gasteiger partial charge in [0.2, 0.25) is 0 Å². The quantitative estimate of drug-likeness (QED) is 0.788. The third-order valence-corrected chi connectivity index (χ3v) is 7.68. The van der Waals surface area contributed by atoms with Crippen LogP contribution < -0.4 is 0 Å². The van der Waals surface area contributed by atoms with Crippen LogP contribution in [0.15, 0.2) is 0 Å². The molecule has 1 fully saturated rings. The first-order chi connectivity index (χ1) is 8.72. The molecule has 19 heavy (non-hydrogen) atoms. The van der Waals surface area contributed by atoms with E-state index in [4.69, 9.17) is 0 Å². The highest BCUT2D eigenvalue weighted by atomic mass is 32.2. The predicted octanol–water partition coefficient (Wildman–Crippen LogP) is 2.39. The van der Waals surface area contributed by atoms with Gasteiger partial charge in [0.1, 0.15) is 5.37 Å². The van der Waals surface area contributed by atoms with Crippen LogP contribution in [0.5, 0.6) is 0 Å². The Labute approximate surface area is 128 Å². The molecule has 0 saturated carbocycles. The summed E-state index contributed by atoms with van der Waals surface area (Å²) in [5, 5.41) is -0.305. The van der Waals surface area contributed by atoms with E-state index in [1.165, 1.54) is 0 Å². The van der Waals surface area contributed by atoms with Crippen molar-refractivity contribution >= 4 is 34.2 Å². The maximum atomic E-state index is 12.2. The summed E-state index contributed by atoms with van der Waals surface area (Å²) in [6.07, 6.45) is 0. The molecular weight excluding hydrogens is 298 g/mol. The fraction of sp³-hybridized carbons (Fsp3) is 1.00. The van der Waals surface area contributed by atoms with Gasteiger partial charge in [-0.25, -0.2) is 8.42 Å². The van der Waals surface area contributed by atoms with Crippen LogP contribution in [0, 0.1) is 11.3 Å². The number of hydrogen-bond donors (Lipinski definition) is 1. The normalized spacial score (nSPS) is 24.4. The van der Waals surface area contributed by atoms with E-state index in [0.29, 0.717) is 11.7 Å². The fourth-order valence-electron chi connectivity index (χ4n) is 2.24. The van der Waals surface area contributed by atoms with Gasteiger partial charge in [0.25, 0.3) is 0 Å². The average molecular weight is 326 g/mol. The summed E-state index contributed by atoms with van der Waals surface area (Å²) in [5.74, 6) is 3.18. The Bertz CT molecular complexity index is 376. The molecule has 1 heterocycles. The minimum Gasteiger partial charge on any atom is -0.285 e. The van der Waals surface area contributed by atoms with E-state index in [1.54, 1.807) is 18.7 Å². The summed E-state index contributed by atoms with van der Waals surface area (Å²) in [6, 6.07) is 0. The Morgan fingerprint density at radius 3 is 2.53 bits per heavy atom. The van der Waals surface area contributed by atoms with Crippen molar-refractivity contribution in [2.45, 2.75) is 33.1 Å². The minimum absolute atomic E-state index is 0.160. The van der Waals surface area contributed by atoms with Gasteiger partial charge in [-0.1, -0.05) is 27.7 Å². The van der Waals surface area contributed by atoms with Crippen molar-refractivity contribution in [3.63, 3.8) is 0 Å². The number of hydrogen-bond acceptors (Lipinski definition) is 5. The summed E-state index contributed by atoms with van der Waals surface area (Å²) in [4.78, 5) is 2.17. The van der Waals surface area contributed by atoms with Crippen molar-refractivity contribution < 1.29 is 8.42 Å². The number of thiol groups is 1. The predicted molar refractivity (Wildman–Crippen MR) is 88.9 cm³/mol. The number of rotatable bonds is 5. The van der Waals surface area contributed by atoms with Crippen molar-refractivity contribution in [2.24, 2.45) is 11.3 Å². The maximum absolute atomic E-state index is 12.2. The lowest BCUT2D eigenvalue weighted by atomic mass is 9.81. The van der Waals surface area contributed by atoms with E-state index in [2.05, 4.69) is 38.3 Å². The van der Waals surface area contributed by atoms with Crippen molar-refractivity contribution in [3.05, 3.63) is 0 Å². The molecule has 1 aliphatic rings. The SMILES string of the molecule is CCS(=O)(=O)C1CSCCN1CC(CS)C(C)(C)C. The van der Waals surface area contributed by atoms with Crippen LogP contribution in [0.3, 0.4) is 0 Å². The van der Waals surface area contributed by atoms with E-state index in [1.807, 2.05) is 0 Å². The van der Waals surface area contributed by atoms with Crippen LogP contribution in [0.1, 0.15) is 27.7 Å². The van der Waals surface area contributed by atoms with Crippen LogP contribution in [-0.4, -0.2) is 54.8 Å². The minimum atomic E-state index is -2.99. The van der Waals surface area contributed by atoms with Gasteiger partial charge in [-0.3, -0.25) is 4.90 Å². The second kappa shape index (κ2) is 7.05. The molecule has 1 rings (SSSR count). The summed E-state index contributed by atoms with van der Waals surface area (Å²) in [5.41, 5.74) is 0.160. The molecule has 6 heteroatoms. The Morgan fingerprint density at radius 2 is 2.05 bits per heavy atom. The first-order valence-corrected chi connectivity index (χ1v) is 10.4. The summed E-state index contributed by atoms with van der Waals surface area (Å²) in [7, 11) is -2.99. The highest BCUT2D eigenvalue weighted by Gasteiger charge is 2.35. The van der Waals surface area contributed by atoms with Crippen LogP contribution in [0.2, 0.25) is 0 Å². The molecule has 0 spiro atoms. The molecule has 0 radical (unpaired) electrons. The number of sulfone groups is 1. The molecule has 0 aliphatic carbocycles. The van der Waals surface area contributed by atoms with E-state index in [0.717, 1.165) is 24.6 Å². The molecule has 2 unspecified atom stereocenters. The van der Waals surface area contributed by atoms with Gasteiger partial charge in [-0.05, 0) is 17.1 Å². The Hall–Kier alpha value is 0.610. The smallest absolute Gasteiger partial charge is 0.166 e. The summed E-state index contributed by atoms with van der Waals surface area (Å²) < 4.78 is 24.4. The van der Waals surface area contributed by atoms with Gasteiger partial charge in [-0.2, -0.15) is 24.4 Å². The van der Waals surface area contributed by atoms with Crippen molar-refractivity contribution in [1.82, 2.24) is 4.90 Å². The van der Waals surface area contributed by atoms with Crippen LogP contribution in [0.4, 0.5) is 0 Å². The van der Waals surface area contributed by atoms with Crippen LogP contribution >= 0.6 is 24.4 Å². The second-order valence-corrected chi connectivity index (χ2v) is 10.2. The van der Waals surface area contributed by atoms with Gasteiger partial charge in [0.05, 0.1) is 0 Å². The van der Waals surface area contributed by atoms with Gasteiger partial charge in [-0.15, -0.1) is 0 Å². The molecule has 1 saturated heterocycles. The highest BCUT2D eigenvalue weighted by Crippen LogP contribution is 2.30. The largest absolute Gasteiger partial charge is 0.285 e. The summed E-state index contributed by atoms with van der Waals surface area (Å²) in [6.45, 7) is 10.1. The van der Waals surface area contributed by atoms with Gasteiger partial charge in [0.15, 0.2) is 9.84 Å². The van der Waals surface area contributed by atoms with E-state index in [9.17, 15) is 8.42 Å². The maximum Gasteiger partial charge on any atom is 0.166 e. The third-order valence-electron chi connectivity index (χ3n) is 3.91. The van der Waals surface area contributed by atoms with Crippen LogP contribution in [0.25, 0.3) is 0 Å². The van der Waals surface area contributed by atoms with Gasteiger partial charge in [0, 0.05) is 30.3 Å². The molecule has 2 atom stereocenters. The van der Waals surface area contributed by atoms with E-state index in [-0.39, 0.29) is 16.5 Å². The second-order valence-electron chi connectivity index (χ2n) is 6.22. The van der Waals surface area contributed by atoms with Gasteiger partial charge >= 0.3 is 0 Å². The molecule has 0 aromatic rings. The first kappa shape index (κ1) is 17.7. The van der Waals surface area contributed by atoms with Crippen molar-refractivity contribution in [3.8, 4) is 0 Å². The molecule has 0 amide bonds. The molecule has 114 valence electrons. The van der Waals surface area contributed by atoms with Crippen molar-refractivity contribution in [2.75, 3.05) is 36.1 Å². The molecule has 0 N–H and O–H groups in total. The average Bonchev–Trinajstić information content (AvgIpc) is 2.34. The zero-order valence-corrected chi connectivity index (χ0v) is 15.0. The topological polar surface area (TPSA) is 37.4 Å². The lowest BCUT2D eigenvalue weighted by Gasteiger charge is -2.40. The third kappa shape index (κ3) is 4.83. The van der Waals surface area contributed by atoms with Gasteiger partial charge < -0.3 is 0 Å².